The van der Waals surface area contributed by atoms with Gasteiger partial charge in [0.1, 0.15) is 5.52 Å². The molecule has 1 heterocycles. The van der Waals surface area contributed by atoms with Crippen molar-refractivity contribution in [3.63, 3.8) is 0 Å². The summed E-state index contributed by atoms with van der Waals surface area (Å²) in [4.78, 5) is 27.6. The lowest BCUT2D eigenvalue weighted by molar-refractivity contribution is -0.384. The van der Waals surface area contributed by atoms with E-state index in [1.54, 1.807) is 12.1 Å². The molecule has 0 saturated carbocycles. The summed E-state index contributed by atoms with van der Waals surface area (Å²) in [6, 6.07) is 24.4. The molecule has 4 aromatic carbocycles. The monoisotopic (exact) mass is 409 g/mol. The highest BCUT2D eigenvalue weighted by Crippen LogP contribution is 2.33. The molecule has 1 amide bonds. The zero-order chi connectivity index (χ0) is 21.4. The molecular formula is C24H15N3O4. The number of carbonyl (C=O) groups excluding carboxylic acids is 1. The van der Waals surface area contributed by atoms with Gasteiger partial charge in [-0.15, -0.1) is 0 Å². The third-order valence-corrected chi connectivity index (χ3v) is 5.03. The van der Waals surface area contributed by atoms with Gasteiger partial charge in [0.05, 0.1) is 16.2 Å². The fourth-order valence-electron chi connectivity index (χ4n) is 3.48. The topological polar surface area (TPSA) is 98.3 Å². The number of nitrogens with one attached hydrogen (secondary N) is 1. The van der Waals surface area contributed by atoms with Gasteiger partial charge in [-0.1, -0.05) is 42.5 Å². The minimum atomic E-state index is -0.506. The normalized spacial score (nSPS) is 11.0. The molecule has 0 fully saturated rings. The Hall–Kier alpha value is -4.52. The Morgan fingerprint density at radius 2 is 1.65 bits per heavy atom. The van der Waals surface area contributed by atoms with E-state index in [1.165, 1.54) is 24.3 Å². The lowest BCUT2D eigenvalue weighted by Gasteiger charge is -2.08. The SMILES string of the molecule is O=C(Nc1ccccc1-c1nc2ccc3ccccc3c2o1)c1ccc([N+](=O)[O-])cc1. The number of fused-ring (bicyclic) bond motifs is 3. The van der Waals surface area contributed by atoms with Gasteiger partial charge in [-0.3, -0.25) is 14.9 Å². The van der Waals surface area contributed by atoms with Crippen LogP contribution in [-0.2, 0) is 0 Å². The number of oxazole rings is 1. The van der Waals surface area contributed by atoms with Gasteiger partial charge in [0, 0.05) is 23.1 Å². The van der Waals surface area contributed by atoms with Crippen molar-refractivity contribution >= 4 is 39.2 Å². The first kappa shape index (κ1) is 18.5. The number of para-hydroxylation sites is 1. The maximum absolute atomic E-state index is 12.7. The number of aromatic nitrogens is 1. The molecule has 1 aromatic heterocycles. The summed E-state index contributed by atoms with van der Waals surface area (Å²) in [5, 5.41) is 15.7. The van der Waals surface area contributed by atoms with Gasteiger partial charge in [-0.05, 0) is 35.7 Å². The van der Waals surface area contributed by atoms with Crippen LogP contribution in [0.1, 0.15) is 10.4 Å². The van der Waals surface area contributed by atoms with Gasteiger partial charge in [0.2, 0.25) is 5.89 Å². The Balaban J connectivity index is 1.51. The van der Waals surface area contributed by atoms with Crippen LogP contribution in [0.25, 0.3) is 33.3 Å². The zero-order valence-corrected chi connectivity index (χ0v) is 16.1. The minimum absolute atomic E-state index is 0.0735. The number of hydrogen-bond acceptors (Lipinski definition) is 5. The van der Waals surface area contributed by atoms with Crippen LogP contribution < -0.4 is 5.32 Å². The summed E-state index contributed by atoms with van der Waals surface area (Å²) >= 11 is 0. The predicted octanol–water partition coefficient (Wildman–Crippen LogP) is 5.81. The summed E-state index contributed by atoms with van der Waals surface area (Å²) in [6.07, 6.45) is 0. The lowest BCUT2D eigenvalue weighted by atomic mass is 10.1. The first-order valence-corrected chi connectivity index (χ1v) is 9.54. The molecule has 0 aliphatic heterocycles. The number of non-ortho nitro benzene ring substituents is 1. The highest BCUT2D eigenvalue weighted by atomic mass is 16.6. The van der Waals surface area contributed by atoms with Crippen LogP contribution in [0.5, 0.6) is 0 Å². The van der Waals surface area contributed by atoms with Crippen molar-refractivity contribution in [3.8, 4) is 11.5 Å². The van der Waals surface area contributed by atoms with Crippen molar-refractivity contribution in [3.05, 3.63) is 101 Å². The van der Waals surface area contributed by atoms with Crippen LogP contribution in [0.3, 0.4) is 0 Å². The molecule has 7 heteroatoms. The molecule has 0 atom stereocenters. The molecular weight excluding hydrogens is 394 g/mol. The van der Waals surface area contributed by atoms with Crippen molar-refractivity contribution in [1.82, 2.24) is 4.98 Å². The van der Waals surface area contributed by atoms with Crippen molar-refractivity contribution in [1.29, 1.82) is 0 Å². The van der Waals surface area contributed by atoms with Gasteiger partial charge in [-0.2, -0.15) is 0 Å². The molecule has 0 aliphatic rings. The summed E-state index contributed by atoms with van der Waals surface area (Å²) in [5.74, 6) is 0.00913. The fraction of sp³-hybridized carbons (Fsp3) is 0. The van der Waals surface area contributed by atoms with Crippen LogP contribution in [0.2, 0.25) is 0 Å². The number of amides is 1. The highest BCUT2D eigenvalue weighted by Gasteiger charge is 2.16. The average Bonchev–Trinajstić information content (AvgIpc) is 3.24. The summed E-state index contributed by atoms with van der Waals surface area (Å²) in [7, 11) is 0. The molecule has 0 radical (unpaired) electrons. The van der Waals surface area contributed by atoms with E-state index in [1.807, 2.05) is 48.5 Å². The molecule has 1 N–H and O–H groups in total. The van der Waals surface area contributed by atoms with Crippen LogP contribution in [0.4, 0.5) is 11.4 Å². The second kappa shape index (κ2) is 7.38. The van der Waals surface area contributed by atoms with Gasteiger partial charge < -0.3 is 9.73 Å². The molecule has 150 valence electrons. The summed E-state index contributed by atoms with van der Waals surface area (Å²) in [6.45, 7) is 0. The van der Waals surface area contributed by atoms with Gasteiger partial charge in [-0.25, -0.2) is 4.98 Å². The third kappa shape index (κ3) is 3.38. The number of benzene rings is 4. The summed E-state index contributed by atoms with van der Waals surface area (Å²) in [5.41, 5.74) is 2.81. The second-order valence-electron chi connectivity index (χ2n) is 6.96. The van der Waals surface area contributed by atoms with Crippen LogP contribution in [-0.4, -0.2) is 15.8 Å². The number of nitrogens with zero attached hydrogens (tertiary/aromatic N) is 2. The molecule has 0 aliphatic carbocycles. The van der Waals surface area contributed by atoms with E-state index >= 15 is 0 Å². The Bertz CT molecular complexity index is 1460. The molecule has 0 bridgehead atoms. The molecule has 0 saturated heterocycles. The van der Waals surface area contributed by atoms with Crippen molar-refractivity contribution in [2.75, 3.05) is 5.32 Å². The van der Waals surface area contributed by atoms with E-state index in [0.717, 1.165) is 16.3 Å². The number of nitro benzene ring substituents is 1. The predicted molar refractivity (Wildman–Crippen MR) is 118 cm³/mol. The maximum Gasteiger partial charge on any atom is 0.269 e. The number of rotatable bonds is 4. The number of hydrogen-bond donors (Lipinski definition) is 1. The molecule has 31 heavy (non-hydrogen) atoms. The number of carbonyl (C=O) groups is 1. The third-order valence-electron chi connectivity index (χ3n) is 5.03. The van der Waals surface area contributed by atoms with Gasteiger partial charge in [0.15, 0.2) is 5.58 Å². The minimum Gasteiger partial charge on any atom is -0.435 e. The van der Waals surface area contributed by atoms with Gasteiger partial charge in [0.25, 0.3) is 11.6 Å². The van der Waals surface area contributed by atoms with E-state index < -0.39 is 4.92 Å². The number of nitro groups is 1. The smallest absolute Gasteiger partial charge is 0.269 e. The van der Waals surface area contributed by atoms with Crippen molar-refractivity contribution < 1.29 is 14.1 Å². The molecule has 0 unspecified atom stereocenters. The first-order valence-electron chi connectivity index (χ1n) is 9.54. The highest BCUT2D eigenvalue weighted by molar-refractivity contribution is 6.07. The Morgan fingerprint density at radius 3 is 2.45 bits per heavy atom. The van der Waals surface area contributed by atoms with E-state index in [4.69, 9.17) is 4.42 Å². The number of anilines is 1. The quantitative estimate of drug-likeness (QED) is 0.298. The summed E-state index contributed by atoms with van der Waals surface area (Å²) < 4.78 is 6.10. The Labute approximate surface area is 176 Å². The maximum atomic E-state index is 12.7. The first-order chi connectivity index (χ1) is 15.1. The zero-order valence-electron chi connectivity index (χ0n) is 16.1. The Morgan fingerprint density at radius 1 is 0.903 bits per heavy atom. The second-order valence-corrected chi connectivity index (χ2v) is 6.96. The fourth-order valence-corrected chi connectivity index (χ4v) is 3.48. The molecule has 0 spiro atoms. The largest absolute Gasteiger partial charge is 0.435 e. The Kier molecular flexibility index (Phi) is 4.41. The average molecular weight is 409 g/mol. The molecule has 5 rings (SSSR count). The van der Waals surface area contributed by atoms with E-state index in [2.05, 4.69) is 10.3 Å². The molecule has 7 nitrogen and oxygen atoms in total. The standard InChI is InChI=1S/C24H15N3O4/c28-23(16-9-12-17(13-10-16)27(29)30)25-20-8-4-3-7-19(20)24-26-21-14-11-15-5-1-2-6-18(15)22(21)31-24/h1-14H,(H,25,28). The van der Waals surface area contributed by atoms with Crippen LogP contribution in [0.15, 0.2) is 89.3 Å². The van der Waals surface area contributed by atoms with Crippen LogP contribution in [0, 0.1) is 10.1 Å². The van der Waals surface area contributed by atoms with E-state index in [-0.39, 0.29) is 11.6 Å². The lowest BCUT2D eigenvalue weighted by Crippen LogP contribution is -2.12. The van der Waals surface area contributed by atoms with E-state index in [9.17, 15) is 14.9 Å². The van der Waals surface area contributed by atoms with Crippen molar-refractivity contribution in [2.45, 2.75) is 0 Å². The van der Waals surface area contributed by atoms with Gasteiger partial charge >= 0.3 is 0 Å². The van der Waals surface area contributed by atoms with Crippen molar-refractivity contribution in [2.24, 2.45) is 0 Å². The molecule has 5 aromatic rings. The van der Waals surface area contributed by atoms with Crippen LogP contribution >= 0.6 is 0 Å². The van der Waals surface area contributed by atoms with E-state index in [0.29, 0.717) is 28.3 Å².